The van der Waals surface area contributed by atoms with Gasteiger partial charge in [0.25, 0.3) is 15.9 Å². The average Bonchev–Trinajstić information content (AvgIpc) is 3.28. The van der Waals surface area contributed by atoms with Crippen molar-refractivity contribution < 1.29 is 13.2 Å². The minimum absolute atomic E-state index is 0.0313. The van der Waals surface area contributed by atoms with Crippen molar-refractivity contribution in [1.29, 1.82) is 0 Å². The van der Waals surface area contributed by atoms with E-state index in [2.05, 4.69) is 15.3 Å². The van der Waals surface area contributed by atoms with Gasteiger partial charge in [-0.25, -0.2) is 13.4 Å². The minimum Gasteiger partial charge on any atom is -0.298 e. The second-order valence-corrected chi connectivity index (χ2v) is 9.89. The zero-order chi connectivity index (χ0) is 22.7. The summed E-state index contributed by atoms with van der Waals surface area (Å²) in [6.07, 6.45) is 1.66. The second kappa shape index (κ2) is 9.07. The van der Waals surface area contributed by atoms with Gasteiger partial charge in [0, 0.05) is 18.6 Å². The lowest BCUT2D eigenvalue weighted by Gasteiger charge is -2.20. The molecular formula is C22H17ClN4O3S2. The number of benzene rings is 2. The molecule has 162 valence electrons. The molecule has 4 aromatic rings. The highest BCUT2D eigenvalue weighted by atomic mass is 35.5. The van der Waals surface area contributed by atoms with Crippen LogP contribution in [0.15, 0.2) is 83.2 Å². The standard InChI is InChI=1S/C22H17ClN4O3S2/c1-27(15-7-3-2-4-8-15)32(29,30)16-10-11-18(23)17(13-16)21(28)26-22-25-20(14-31-22)19-9-5-6-12-24-19/h2-14H,1H3,(H,25,26,28). The van der Waals surface area contributed by atoms with Gasteiger partial charge < -0.3 is 0 Å². The Labute approximate surface area is 194 Å². The fourth-order valence-corrected chi connectivity index (χ4v) is 5.03. The molecule has 7 nitrogen and oxygen atoms in total. The number of carbonyl (C=O) groups is 1. The molecule has 4 rings (SSSR count). The van der Waals surface area contributed by atoms with Gasteiger partial charge >= 0.3 is 0 Å². The lowest BCUT2D eigenvalue weighted by Crippen LogP contribution is -2.27. The molecule has 0 aliphatic heterocycles. The highest BCUT2D eigenvalue weighted by Crippen LogP contribution is 2.28. The molecule has 0 unspecified atom stereocenters. The minimum atomic E-state index is -3.90. The number of thiazole rings is 1. The molecular weight excluding hydrogens is 468 g/mol. The largest absolute Gasteiger partial charge is 0.298 e. The van der Waals surface area contributed by atoms with Crippen LogP contribution in [0.2, 0.25) is 5.02 Å². The van der Waals surface area contributed by atoms with Gasteiger partial charge in [-0.2, -0.15) is 0 Å². The van der Waals surface area contributed by atoms with Crippen LogP contribution in [0.3, 0.4) is 0 Å². The van der Waals surface area contributed by atoms with Gasteiger partial charge in [0.2, 0.25) is 0 Å². The van der Waals surface area contributed by atoms with Gasteiger partial charge in [0.05, 0.1) is 26.9 Å². The zero-order valence-corrected chi connectivity index (χ0v) is 19.2. The summed E-state index contributed by atoms with van der Waals surface area (Å²) in [6.45, 7) is 0. The van der Waals surface area contributed by atoms with E-state index in [0.717, 1.165) is 4.31 Å². The molecule has 0 saturated heterocycles. The Bertz CT molecular complexity index is 1360. The van der Waals surface area contributed by atoms with Crippen LogP contribution in [0.1, 0.15) is 10.4 Å². The number of pyridine rings is 1. The molecule has 1 N–H and O–H groups in total. The SMILES string of the molecule is CN(c1ccccc1)S(=O)(=O)c1ccc(Cl)c(C(=O)Nc2nc(-c3ccccn3)cs2)c1. The summed E-state index contributed by atoms with van der Waals surface area (Å²) in [4.78, 5) is 21.4. The number of halogens is 1. The van der Waals surface area contributed by atoms with Crippen molar-refractivity contribution in [2.24, 2.45) is 0 Å². The van der Waals surface area contributed by atoms with Crippen LogP contribution < -0.4 is 9.62 Å². The Morgan fingerprint density at radius 3 is 2.50 bits per heavy atom. The molecule has 0 fully saturated rings. The van der Waals surface area contributed by atoms with Gasteiger partial charge in [0.15, 0.2) is 5.13 Å². The third-order valence-electron chi connectivity index (χ3n) is 4.61. The first kappa shape index (κ1) is 21.9. The van der Waals surface area contributed by atoms with Crippen molar-refractivity contribution in [3.63, 3.8) is 0 Å². The summed E-state index contributed by atoms with van der Waals surface area (Å²) >= 11 is 7.44. The monoisotopic (exact) mass is 484 g/mol. The van der Waals surface area contributed by atoms with Crippen LogP contribution in [-0.4, -0.2) is 31.3 Å². The average molecular weight is 485 g/mol. The number of para-hydroxylation sites is 1. The fraction of sp³-hybridized carbons (Fsp3) is 0.0455. The normalized spacial score (nSPS) is 11.2. The number of aromatic nitrogens is 2. The Hall–Kier alpha value is -3.27. The lowest BCUT2D eigenvalue weighted by molar-refractivity contribution is 0.102. The van der Waals surface area contributed by atoms with E-state index in [9.17, 15) is 13.2 Å². The van der Waals surface area contributed by atoms with Crippen molar-refractivity contribution in [2.75, 3.05) is 16.7 Å². The third kappa shape index (κ3) is 4.50. The number of nitrogens with zero attached hydrogens (tertiary/aromatic N) is 3. The Morgan fingerprint density at radius 1 is 1.03 bits per heavy atom. The molecule has 2 aromatic carbocycles. The van der Waals surface area contributed by atoms with Gasteiger partial charge in [-0.15, -0.1) is 11.3 Å². The fourth-order valence-electron chi connectivity index (χ4n) is 2.90. The lowest BCUT2D eigenvalue weighted by atomic mass is 10.2. The van der Waals surface area contributed by atoms with E-state index < -0.39 is 15.9 Å². The van der Waals surface area contributed by atoms with Crippen molar-refractivity contribution in [3.8, 4) is 11.4 Å². The van der Waals surface area contributed by atoms with E-state index in [-0.39, 0.29) is 15.5 Å². The molecule has 0 aliphatic carbocycles. The van der Waals surface area contributed by atoms with E-state index in [1.54, 1.807) is 48.0 Å². The van der Waals surface area contributed by atoms with Gasteiger partial charge in [-0.05, 0) is 42.5 Å². The summed E-state index contributed by atoms with van der Waals surface area (Å²) < 4.78 is 27.3. The maximum Gasteiger partial charge on any atom is 0.264 e. The maximum absolute atomic E-state index is 13.1. The van der Waals surface area contributed by atoms with Crippen LogP contribution in [0, 0.1) is 0 Å². The topological polar surface area (TPSA) is 92.3 Å². The summed E-state index contributed by atoms with van der Waals surface area (Å²) in [6, 6.07) is 18.1. The van der Waals surface area contributed by atoms with E-state index in [4.69, 9.17) is 11.6 Å². The highest BCUT2D eigenvalue weighted by Gasteiger charge is 2.24. The van der Waals surface area contributed by atoms with E-state index >= 15 is 0 Å². The van der Waals surface area contributed by atoms with Gasteiger partial charge in [0.1, 0.15) is 5.69 Å². The first-order valence-electron chi connectivity index (χ1n) is 9.38. The molecule has 0 bridgehead atoms. The quantitative estimate of drug-likeness (QED) is 0.418. The second-order valence-electron chi connectivity index (χ2n) is 6.66. The molecule has 1 amide bonds. The molecule has 0 saturated carbocycles. The van der Waals surface area contributed by atoms with Crippen LogP contribution >= 0.6 is 22.9 Å². The number of sulfonamides is 1. The molecule has 0 spiro atoms. The Kier molecular flexibility index (Phi) is 6.22. The third-order valence-corrected chi connectivity index (χ3v) is 7.48. The van der Waals surface area contributed by atoms with Gasteiger partial charge in [-0.1, -0.05) is 35.9 Å². The number of rotatable bonds is 6. The van der Waals surface area contributed by atoms with Crippen LogP contribution in [0.5, 0.6) is 0 Å². The summed E-state index contributed by atoms with van der Waals surface area (Å²) in [5, 5.41) is 4.93. The molecule has 32 heavy (non-hydrogen) atoms. The number of amides is 1. The summed E-state index contributed by atoms with van der Waals surface area (Å²) in [5.74, 6) is -0.559. The van der Waals surface area contributed by atoms with E-state index in [1.807, 2.05) is 12.1 Å². The van der Waals surface area contributed by atoms with Crippen LogP contribution in [0.25, 0.3) is 11.4 Å². The number of hydrogen-bond acceptors (Lipinski definition) is 6. The summed E-state index contributed by atoms with van der Waals surface area (Å²) in [7, 11) is -2.44. The molecule has 0 aliphatic rings. The van der Waals surface area contributed by atoms with Crippen LogP contribution in [-0.2, 0) is 10.0 Å². The summed E-state index contributed by atoms with van der Waals surface area (Å²) in [5.41, 5.74) is 1.83. The predicted molar refractivity (Wildman–Crippen MR) is 127 cm³/mol. The van der Waals surface area contributed by atoms with Crippen LogP contribution in [0.4, 0.5) is 10.8 Å². The van der Waals surface area contributed by atoms with Crippen molar-refractivity contribution >= 4 is 49.7 Å². The van der Waals surface area contributed by atoms with Crippen molar-refractivity contribution in [1.82, 2.24) is 9.97 Å². The highest BCUT2D eigenvalue weighted by molar-refractivity contribution is 7.92. The van der Waals surface area contributed by atoms with Crippen molar-refractivity contribution in [3.05, 3.63) is 88.9 Å². The molecule has 2 aromatic heterocycles. The Balaban J connectivity index is 1.59. The maximum atomic E-state index is 13.1. The first-order chi connectivity index (χ1) is 15.4. The Morgan fingerprint density at radius 2 is 1.78 bits per heavy atom. The van der Waals surface area contributed by atoms with E-state index in [0.29, 0.717) is 22.2 Å². The molecule has 2 heterocycles. The smallest absolute Gasteiger partial charge is 0.264 e. The predicted octanol–water partition coefficient (Wildman–Crippen LogP) is 4.94. The first-order valence-corrected chi connectivity index (χ1v) is 12.1. The zero-order valence-electron chi connectivity index (χ0n) is 16.8. The van der Waals surface area contributed by atoms with Crippen molar-refractivity contribution in [2.45, 2.75) is 4.90 Å². The molecule has 0 radical (unpaired) electrons. The van der Waals surface area contributed by atoms with Gasteiger partial charge in [-0.3, -0.25) is 19.4 Å². The number of carbonyl (C=O) groups excluding carboxylic acids is 1. The molecule has 10 heteroatoms. The van der Waals surface area contributed by atoms with E-state index in [1.165, 1.54) is 36.6 Å². The number of hydrogen-bond donors (Lipinski definition) is 1. The molecule has 0 atom stereocenters. The number of anilines is 2. The number of nitrogens with one attached hydrogen (secondary N) is 1.